The first-order valence-electron chi connectivity index (χ1n) is 6.36. The molecule has 0 radical (unpaired) electrons. The highest BCUT2D eigenvalue weighted by Gasteiger charge is 2.13. The highest BCUT2D eigenvalue weighted by Crippen LogP contribution is 2.23. The number of hydrogen-bond donors (Lipinski definition) is 1. The molecule has 0 aliphatic heterocycles. The smallest absolute Gasteiger partial charge is 0.223 e. The maximum atomic E-state index is 5.64. The average Bonchev–Trinajstić information content (AvgIpc) is 2.35. The van der Waals surface area contributed by atoms with E-state index in [9.17, 15) is 0 Å². The van der Waals surface area contributed by atoms with Gasteiger partial charge in [0.15, 0.2) is 6.10 Å². The van der Waals surface area contributed by atoms with Crippen molar-refractivity contribution in [3.05, 3.63) is 11.4 Å². The van der Waals surface area contributed by atoms with Crippen molar-refractivity contribution >= 4 is 5.82 Å². The van der Waals surface area contributed by atoms with Crippen LogP contribution in [0, 0.1) is 19.3 Å². The molecule has 98 valence electrons. The van der Waals surface area contributed by atoms with Crippen molar-refractivity contribution in [3.8, 4) is 18.2 Å². The minimum atomic E-state index is -0.289. The summed E-state index contributed by atoms with van der Waals surface area (Å²) in [5, 5.41) is 3.22. The minimum Gasteiger partial charge on any atom is -0.461 e. The summed E-state index contributed by atoms with van der Waals surface area (Å²) in [7, 11) is 0. The monoisotopic (exact) mass is 247 g/mol. The first kappa shape index (κ1) is 14.3. The van der Waals surface area contributed by atoms with Crippen molar-refractivity contribution in [2.75, 3.05) is 11.9 Å². The fourth-order valence-corrected chi connectivity index (χ4v) is 1.53. The van der Waals surface area contributed by atoms with Crippen LogP contribution in [0.1, 0.15) is 38.6 Å². The number of nitrogens with one attached hydrogen (secondary N) is 1. The summed E-state index contributed by atoms with van der Waals surface area (Å²) in [4.78, 5) is 8.92. The summed E-state index contributed by atoms with van der Waals surface area (Å²) < 4.78 is 5.64. The summed E-state index contributed by atoms with van der Waals surface area (Å²) in [5.41, 5.74) is 0.902. The summed E-state index contributed by atoms with van der Waals surface area (Å²) in [5.74, 6) is 4.74. The molecule has 0 amide bonds. The Hall–Kier alpha value is -1.76. The second kappa shape index (κ2) is 6.85. The highest BCUT2D eigenvalue weighted by atomic mass is 16.5. The van der Waals surface area contributed by atoms with E-state index in [1.807, 2.05) is 20.8 Å². The molecule has 0 bridgehead atoms. The van der Waals surface area contributed by atoms with E-state index in [4.69, 9.17) is 11.2 Å². The summed E-state index contributed by atoms with van der Waals surface area (Å²) in [6.07, 6.45) is 6.87. The van der Waals surface area contributed by atoms with Crippen molar-refractivity contribution in [1.82, 2.24) is 9.97 Å². The van der Waals surface area contributed by atoms with Crippen LogP contribution >= 0.6 is 0 Å². The van der Waals surface area contributed by atoms with Crippen LogP contribution in [0.4, 0.5) is 5.82 Å². The molecule has 4 nitrogen and oxygen atoms in total. The van der Waals surface area contributed by atoms with Crippen molar-refractivity contribution in [2.45, 2.75) is 46.6 Å². The zero-order valence-corrected chi connectivity index (χ0v) is 11.6. The number of aromatic nitrogens is 2. The fourth-order valence-electron chi connectivity index (χ4n) is 1.53. The molecule has 18 heavy (non-hydrogen) atoms. The molecule has 4 heteroatoms. The van der Waals surface area contributed by atoms with Crippen LogP contribution in [0.2, 0.25) is 0 Å². The molecule has 0 aliphatic carbocycles. The number of anilines is 1. The number of ether oxygens (including phenoxy) is 1. The molecule has 1 unspecified atom stereocenters. The Morgan fingerprint density at radius 3 is 2.67 bits per heavy atom. The normalized spacial score (nSPS) is 11.7. The molecule has 0 aromatic carbocycles. The molecule has 0 saturated heterocycles. The minimum absolute atomic E-state index is 0.289. The molecule has 0 aliphatic rings. The SMILES string of the molecule is C#CC(C)Oc1nc(CCC)nc(NCC)c1C. The Bertz CT molecular complexity index is 437. The predicted octanol–water partition coefficient (Wildman–Crippen LogP) is 2.57. The van der Waals surface area contributed by atoms with E-state index in [0.717, 1.165) is 36.6 Å². The Morgan fingerprint density at radius 2 is 2.11 bits per heavy atom. The number of rotatable bonds is 6. The lowest BCUT2D eigenvalue weighted by molar-refractivity contribution is 0.264. The third-order valence-corrected chi connectivity index (χ3v) is 2.49. The van der Waals surface area contributed by atoms with E-state index < -0.39 is 0 Å². The first-order valence-corrected chi connectivity index (χ1v) is 6.36. The van der Waals surface area contributed by atoms with E-state index in [2.05, 4.69) is 28.1 Å². The topological polar surface area (TPSA) is 47.0 Å². The van der Waals surface area contributed by atoms with Crippen LogP contribution in [-0.2, 0) is 6.42 Å². The van der Waals surface area contributed by atoms with E-state index in [-0.39, 0.29) is 6.10 Å². The van der Waals surface area contributed by atoms with Crippen LogP contribution in [0.15, 0.2) is 0 Å². The lowest BCUT2D eigenvalue weighted by Gasteiger charge is -2.15. The number of hydrogen-bond acceptors (Lipinski definition) is 4. The van der Waals surface area contributed by atoms with Gasteiger partial charge in [-0.15, -0.1) is 6.42 Å². The maximum absolute atomic E-state index is 5.64. The van der Waals surface area contributed by atoms with Crippen molar-refractivity contribution in [3.63, 3.8) is 0 Å². The Balaban J connectivity index is 3.09. The fraction of sp³-hybridized carbons (Fsp3) is 0.571. The summed E-state index contributed by atoms with van der Waals surface area (Å²) >= 11 is 0. The number of nitrogens with zero attached hydrogens (tertiary/aromatic N) is 2. The van der Waals surface area contributed by atoms with Crippen molar-refractivity contribution in [1.29, 1.82) is 0 Å². The van der Waals surface area contributed by atoms with Crippen LogP contribution < -0.4 is 10.1 Å². The molecule has 1 atom stereocenters. The van der Waals surface area contributed by atoms with Gasteiger partial charge in [0, 0.05) is 13.0 Å². The molecule has 1 aromatic heterocycles. The van der Waals surface area contributed by atoms with Gasteiger partial charge in [-0.25, -0.2) is 4.98 Å². The molecule has 0 saturated carbocycles. The van der Waals surface area contributed by atoms with E-state index >= 15 is 0 Å². The van der Waals surface area contributed by atoms with Crippen molar-refractivity contribution < 1.29 is 4.74 Å². The van der Waals surface area contributed by atoms with Gasteiger partial charge in [-0.05, 0) is 27.2 Å². The van der Waals surface area contributed by atoms with Crippen LogP contribution in [0.3, 0.4) is 0 Å². The zero-order chi connectivity index (χ0) is 13.5. The van der Waals surface area contributed by atoms with Gasteiger partial charge in [0.25, 0.3) is 0 Å². The highest BCUT2D eigenvalue weighted by molar-refractivity contribution is 5.48. The second-order valence-corrected chi connectivity index (χ2v) is 4.13. The largest absolute Gasteiger partial charge is 0.461 e. The Labute approximate surface area is 109 Å². The Kier molecular flexibility index (Phi) is 5.44. The predicted molar refractivity (Wildman–Crippen MR) is 73.9 cm³/mol. The van der Waals surface area contributed by atoms with Gasteiger partial charge in [0.05, 0.1) is 5.56 Å². The molecule has 1 N–H and O–H groups in total. The third kappa shape index (κ3) is 3.63. The lowest BCUT2D eigenvalue weighted by atomic mass is 10.2. The quantitative estimate of drug-likeness (QED) is 0.785. The van der Waals surface area contributed by atoms with Crippen LogP contribution in [0.25, 0.3) is 0 Å². The first-order chi connectivity index (χ1) is 8.62. The Morgan fingerprint density at radius 1 is 1.39 bits per heavy atom. The molecule has 0 fully saturated rings. The molecule has 1 rings (SSSR count). The maximum Gasteiger partial charge on any atom is 0.223 e. The van der Waals surface area contributed by atoms with Gasteiger partial charge in [-0.2, -0.15) is 4.98 Å². The number of terminal acetylenes is 1. The van der Waals surface area contributed by atoms with Gasteiger partial charge in [0.1, 0.15) is 11.6 Å². The summed E-state index contributed by atoms with van der Waals surface area (Å²) in [6, 6.07) is 0. The van der Waals surface area contributed by atoms with Gasteiger partial charge < -0.3 is 10.1 Å². The molecule has 1 heterocycles. The van der Waals surface area contributed by atoms with Gasteiger partial charge in [-0.3, -0.25) is 0 Å². The second-order valence-electron chi connectivity index (χ2n) is 4.13. The summed E-state index contributed by atoms with van der Waals surface area (Å²) in [6.45, 7) is 8.71. The van der Waals surface area contributed by atoms with Crippen molar-refractivity contribution in [2.24, 2.45) is 0 Å². The van der Waals surface area contributed by atoms with Crippen LogP contribution in [0.5, 0.6) is 5.88 Å². The van der Waals surface area contributed by atoms with Crippen LogP contribution in [-0.4, -0.2) is 22.6 Å². The number of aryl methyl sites for hydroxylation is 1. The van der Waals surface area contributed by atoms with Gasteiger partial charge >= 0.3 is 0 Å². The molecular formula is C14H21N3O. The van der Waals surface area contributed by atoms with E-state index in [0.29, 0.717) is 5.88 Å². The average molecular weight is 247 g/mol. The van der Waals surface area contributed by atoms with Gasteiger partial charge in [-0.1, -0.05) is 12.8 Å². The molecular weight excluding hydrogens is 226 g/mol. The lowest BCUT2D eigenvalue weighted by Crippen LogP contribution is -2.14. The standard InChI is InChI=1S/C14H21N3O/c1-6-9-12-16-13(15-8-3)11(5)14(17-12)18-10(4)7-2/h2,10H,6,8-9H2,1,3-5H3,(H,15,16,17). The third-order valence-electron chi connectivity index (χ3n) is 2.49. The molecule has 0 spiro atoms. The van der Waals surface area contributed by atoms with E-state index in [1.165, 1.54) is 0 Å². The molecule has 1 aromatic rings. The van der Waals surface area contributed by atoms with Gasteiger partial charge in [0.2, 0.25) is 5.88 Å². The zero-order valence-electron chi connectivity index (χ0n) is 11.6. The van der Waals surface area contributed by atoms with E-state index in [1.54, 1.807) is 0 Å².